The summed E-state index contributed by atoms with van der Waals surface area (Å²) in [6, 6.07) is 0. The van der Waals surface area contributed by atoms with Crippen LogP contribution in [0.5, 0.6) is 0 Å². The minimum absolute atomic E-state index is 0.238. The van der Waals surface area contributed by atoms with Gasteiger partial charge in [0.15, 0.2) is 0 Å². The third-order valence-electron chi connectivity index (χ3n) is 4.15. The molecule has 2 fully saturated rings. The van der Waals surface area contributed by atoms with E-state index < -0.39 is 0 Å². The Morgan fingerprint density at radius 3 is 2.76 bits per heavy atom. The van der Waals surface area contributed by atoms with E-state index in [1.54, 1.807) is 0 Å². The molecule has 2 aliphatic rings. The molecule has 0 amide bonds. The van der Waals surface area contributed by atoms with Gasteiger partial charge in [-0.25, -0.2) is 0 Å². The van der Waals surface area contributed by atoms with Crippen molar-refractivity contribution in [2.24, 2.45) is 17.1 Å². The zero-order valence-corrected chi connectivity index (χ0v) is 11.3. The lowest BCUT2D eigenvalue weighted by Gasteiger charge is -2.40. The van der Waals surface area contributed by atoms with E-state index >= 15 is 0 Å². The first-order valence-corrected chi connectivity index (χ1v) is 7.28. The Hall–Kier alpha value is -0.120. The highest BCUT2D eigenvalue weighted by molar-refractivity contribution is 4.88. The zero-order chi connectivity index (χ0) is 12.1. The van der Waals surface area contributed by atoms with Gasteiger partial charge >= 0.3 is 0 Å². The molecule has 1 heterocycles. The predicted molar refractivity (Wildman–Crippen MR) is 71.0 cm³/mol. The molecule has 2 rings (SSSR count). The van der Waals surface area contributed by atoms with Gasteiger partial charge in [0, 0.05) is 31.7 Å². The van der Waals surface area contributed by atoms with Crippen molar-refractivity contribution >= 4 is 0 Å². The van der Waals surface area contributed by atoms with E-state index in [4.69, 9.17) is 10.5 Å². The van der Waals surface area contributed by atoms with Crippen molar-refractivity contribution in [1.29, 1.82) is 0 Å². The summed E-state index contributed by atoms with van der Waals surface area (Å²) >= 11 is 0. The van der Waals surface area contributed by atoms with Gasteiger partial charge < -0.3 is 15.4 Å². The van der Waals surface area contributed by atoms with Crippen LogP contribution in [0.1, 0.15) is 39.0 Å². The van der Waals surface area contributed by atoms with Crippen LogP contribution in [0.15, 0.2) is 0 Å². The maximum absolute atomic E-state index is 6.02. The molecule has 1 unspecified atom stereocenters. The van der Waals surface area contributed by atoms with Gasteiger partial charge in [-0.2, -0.15) is 0 Å². The summed E-state index contributed by atoms with van der Waals surface area (Å²) in [4.78, 5) is 2.64. The molecule has 3 nitrogen and oxygen atoms in total. The van der Waals surface area contributed by atoms with Crippen molar-refractivity contribution in [2.45, 2.75) is 39.0 Å². The smallest absolute Gasteiger partial charge is 0.0546 e. The summed E-state index contributed by atoms with van der Waals surface area (Å²) in [6.45, 7) is 8.50. The van der Waals surface area contributed by atoms with E-state index in [1.165, 1.54) is 45.2 Å². The van der Waals surface area contributed by atoms with Crippen LogP contribution < -0.4 is 5.73 Å². The molecule has 1 aliphatic heterocycles. The fourth-order valence-corrected chi connectivity index (χ4v) is 2.95. The molecule has 17 heavy (non-hydrogen) atoms. The largest absolute Gasteiger partial charge is 0.381 e. The predicted octanol–water partition coefficient (Wildman–Crippen LogP) is 1.86. The van der Waals surface area contributed by atoms with Crippen LogP contribution in [0.3, 0.4) is 0 Å². The van der Waals surface area contributed by atoms with Crippen LogP contribution in [0.25, 0.3) is 0 Å². The summed E-state index contributed by atoms with van der Waals surface area (Å²) in [5.74, 6) is 0.973. The quantitative estimate of drug-likeness (QED) is 0.738. The van der Waals surface area contributed by atoms with Gasteiger partial charge in [-0.1, -0.05) is 6.92 Å². The first kappa shape index (κ1) is 13.3. The van der Waals surface area contributed by atoms with Gasteiger partial charge in [0.05, 0.1) is 6.61 Å². The maximum Gasteiger partial charge on any atom is 0.0546 e. The van der Waals surface area contributed by atoms with Gasteiger partial charge in [-0.05, 0) is 44.6 Å². The van der Waals surface area contributed by atoms with Gasteiger partial charge in [0.1, 0.15) is 0 Å². The molecule has 0 aromatic heterocycles. The van der Waals surface area contributed by atoms with Gasteiger partial charge in [0.2, 0.25) is 0 Å². The molecule has 1 saturated carbocycles. The lowest BCUT2D eigenvalue weighted by Crippen LogP contribution is -2.48. The van der Waals surface area contributed by atoms with E-state index in [1.807, 2.05) is 0 Å². The van der Waals surface area contributed by atoms with Crippen molar-refractivity contribution < 1.29 is 4.74 Å². The monoisotopic (exact) mass is 240 g/mol. The number of rotatable bonds is 7. The highest BCUT2D eigenvalue weighted by Gasteiger charge is 2.35. The normalized spacial score (nSPS) is 29.8. The summed E-state index contributed by atoms with van der Waals surface area (Å²) < 4.78 is 5.67. The summed E-state index contributed by atoms with van der Waals surface area (Å²) in [5, 5.41) is 0. The lowest BCUT2D eigenvalue weighted by atomic mass is 9.82. The molecular weight excluding hydrogens is 212 g/mol. The van der Waals surface area contributed by atoms with Gasteiger partial charge in [-0.15, -0.1) is 0 Å². The molecule has 1 aliphatic carbocycles. The second-order valence-corrected chi connectivity index (χ2v) is 6.04. The first-order chi connectivity index (χ1) is 8.28. The Kier molecular flexibility index (Phi) is 4.83. The minimum Gasteiger partial charge on any atom is -0.381 e. The molecule has 0 bridgehead atoms. The third kappa shape index (κ3) is 3.94. The molecule has 0 aromatic carbocycles. The second-order valence-electron chi connectivity index (χ2n) is 6.04. The van der Waals surface area contributed by atoms with Crippen LogP contribution in [-0.2, 0) is 4.74 Å². The van der Waals surface area contributed by atoms with Crippen molar-refractivity contribution in [3.8, 4) is 0 Å². The van der Waals surface area contributed by atoms with Gasteiger partial charge in [-0.3, -0.25) is 0 Å². The number of hydrogen-bond donors (Lipinski definition) is 1. The van der Waals surface area contributed by atoms with Crippen LogP contribution in [0, 0.1) is 11.3 Å². The molecular formula is C14H28N2O. The third-order valence-corrected chi connectivity index (χ3v) is 4.15. The number of nitrogens with zero attached hydrogens (tertiary/aromatic N) is 1. The van der Waals surface area contributed by atoms with Crippen molar-refractivity contribution in [3.63, 3.8) is 0 Å². The lowest BCUT2D eigenvalue weighted by molar-refractivity contribution is -0.0225. The number of ether oxygens (including phenoxy) is 1. The highest BCUT2D eigenvalue weighted by Crippen LogP contribution is 2.33. The Balaban J connectivity index is 1.87. The van der Waals surface area contributed by atoms with Crippen molar-refractivity contribution in [3.05, 3.63) is 0 Å². The van der Waals surface area contributed by atoms with Crippen LogP contribution in [-0.4, -0.2) is 44.3 Å². The first-order valence-electron chi connectivity index (χ1n) is 7.28. The Labute approximate surface area is 106 Å². The summed E-state index contributed by atoms with van der Waals surface area (Å²) in [7, 11) is 0. The van der Waals surface area contributed by atoms with Crippen molar-refractivity contribution in [1.82, 2.24) is 4.90 Å². The fourth-order valence-electron chi connectivity index (χ4n) is 2.95. The zero-order valence-electron chi connectivity index (χ0n) is 11.3. The topological polar surface area (TPSA) is 38.5 Å². The summed E-state index contributed by atoms with van der Waals surface area (Å²) in [5.41, 5.74) is 6.26. The van der Waals surface area contributed by atoms with E-state index in [2.05, 4.69) is 11.8 Å². The van der Waals surface area contributed by atoms with E-state index in [9.17, 15) is 0 Å². The molecule has 0 aromatic rings. The molecule has 1 saturated heterocycles. The van der Waals surface area contributed by atoms with Gasteiger partial charge in [0.25, 0.3) is 0 Å². The SMILES string of the molecule is CCCN(CC1CC1)CC1(CN)CCCOC1. The number of hydrogen-bond acceptors (Lipinski definition) is 3. The Bertz CT molecular complexity index is 222. The number of nitrogens with two attached hydrogens (primary N) is 1. The minimum atomic E-state index is 0.238. The fraction of sp³-hybridized carbons (Fsp3) is 1.00. The molecule has 100 valence electrons. The Morgan fingerprint density at radius 2 is 2.24 bits per heavy atom. The molecule has 3 heteroatoms. The van der Waals surface area contributed by atoms with E-state index in [-0.39, 0.29) is 5.41 Å². The van der Waals surface area contributed by atoms with E-state index in [0.29, 0.717) is 0 Å². The average Bonchev–Trinajstić information content (AvgIpc) is 3.14. The van der Waals surface area contributed by atoms with Crippen LogP contribution in [0.4, 0.5) is 0 Å². The molecule has 0 spiro atoms. The van der Waals surface area contributed by atoms with Crippen LogP contribution >= 0.6 is 0 Å². The second kappa shape index (κ2) is 6.17. The molecule has 0 radical (unpaired) electrons. The molecule has 2 N–H and O–H groups in total. The standard InChI is InChI=1S/C14H28N2O/c1-2-7-16(9-13-4-5-13)11-14(10-15)6-3-8-17-12-14/h13H,2-12,15H2,1H3. The maximum atomic E-state index is 6.02. The average molecular weight is 240 g/mol. The summed E-state index contributed by atoms with van der Waals surface area (Å²) in [6.07, 6.45) is 6.54. The molecule has 1 atom stereocenters. The van der Waals surface area contributed by atoms with E-state index in [0.717, 1.165) is 32.2 Å². The Morgan fingerprint density at radius 1 is 1.41 bits per heavy atom. The van der Waals surface area contributed by atoms with Crippen molar-refractivity contribution in [2.75, 3.05) is 39.4 Å². The van der Waals surface area contributed by atoms with Crippen LogP contribution in [0.2, 0.25) is 0 Å². The highest BCUT2D eigenvalue weighted by atomic mass is 16.5.